The second-order valence-corrected chi connectivity index (χ2v) is 3.86. The molecule has 1 aromatic heterocycles. The molecule has 16 heavy (non-hydrogen) atoms. The predicted octanol–water partition coefficient (Wildman–Crippen LogP) is 2.51. The van der Waals surface area contributed by atoms with Gasteiger partial charge in [-0.3, -0.25) is 0 Å². The number of hydrogen-bond acceptors (Lipinski definition) is 3. The summed E-state index contributed by atoms with van der Waals surface area (Å²) in [6, 6.07) is 3.16. The van der Waals surface area contributed by atoms with Crippen LogP contribution in [0.25, 0.3) is 0 Å². The second-order valence-electron chi connectivity index (χ2n) is 3.86. The zero-order valence-electron chi connectivity index (χ0n) is 9.66. The minimum Gasteiger partial charge on any atom is -0.487 e. The molecule has 0 fully saturated rings. The summed E-state index contributed by atoms with van der Waals surface area (Å²) >= 11 is 0. The Balaban J connectivity index is 2.26. The monoisotopic (exact) mass is 226 g/mol. The zero-order valence-corrected chi connectivity index (χ0v) is 9.66. The lowest BCUT2D eigenvalue weighted by molar-refractivity contribution is 0.264. The molecule has 1 heterocycles. The van der Waals surface area contributed by atoms with Crippen molar-refractivity contribution in [2.24, 2.45) is 5.73 Å². The summed E-state index contributed by atoms with van der Waals surface area (Å²) in [6.07, 6.45) is 5.75. The van der Waals surface area contributed by atoms with Crippen LogP contribution in [0.1, 0.15) is 32.6 Å². The minimum atomic E-state index is -0.580. The highest BCUT2D eigenvalue weighted by Crippen LogP contribution is 2.13. The van der Waals surface area contributed by atoms with Crippen molar-refractivity contribution in [3.8, 4) is 5.75 Å². The van der Waals surface area contributed by atoms with Crippen molar-refractivity contribution in [2.75, 3.05) is 6.61 Å². The lowest BCUT2D eigenvalue weighted by atomic mass is 10.1. The fraction of sp³-hybridized carbons (Fsp3) is 0.583. The molecule has 0 spiro atoms. The van der Waals surface area contributed by atoms with E-state index < -0.39 is 5.95 Å². The van der Waals surface area contributed by atoms with Gasteiger partial charge in [-0.05, 0) is 18.6 Å². The van der Waals surface area contributed by atoms with E-state index in [1.807, 2.05) is 0 Å². The van der Waals surface area contributed by atoms with Crippen LogP contribution in [0.15, 0.2) is 18.3 Å². The summed E-state index contributed by atoms with van der Waals surface area (Å²) < 4.78 is 18.3. The number of unbranched alkanes of at least 4 members (excludes halogenated alkanes) is 2. The van der Waals surface area contributed by atoms with Gasteiger partial charge in [-0.2, -0.15) is 4.39 Å². The lowest BCUT2D eigenvalue weighted by Gasteiger charge is -2.12. The molecule has 1 aromatic rings. The van der Waals surface area contributed by atoms with Gasteiger partial charge in [-0.25, -0.2) is 4.98 Å². The van der Waals surface area contributed by atoms with Gasteiger partial charge in [-0.1, -0.05) is 26.2 Å². The first-order chi connectivity index (χ1) is 7.74. The minimum absolute atomic E-state index is 0.0360. The van der Waals surface area contributed by atoms with E-state index in [2.05, 4.69) is 11.9 Å². The Morgan fingerprint density at radius 1 is 1.50 bits per heavy atom. The Morgan fingerprint density at radius 3 is 3.00 bits per heavy atom. The Labute approximate surface area is 95.8 Å². The molecule has 0 amide bonds. The zero-order chi connectivity index (χ0) is 11.8. The summed E-state index contributed by atoms with van der Waals surface area (Å²) in [5, 5.41) is 0. The van der Waals surface area contributed by atoms with Gasteiger partial charge in [0.2, 0.25) is 0 Å². The topological polar surface area (TPSA) is 48.1 Å². The smallest absolute Gasteiger partial charge is 0.255 e. The molecule has 0 aromatic carbocycles. The fourth-order valence-electron chi connectivity index (χ4n) is 1.42. The van der Waals surface area contributed by atoms with Crippen LogP contribution in [0.4, 0.5) is 4.39 Å². The van der Waals surface area contributed by atoms with Crippen LogP contribution in [0, 0.1) is 5.95 Å². The van der Waals surface area contributed by atoms with E-state index >= 15 is 0 Å². The standard InChI is InChI=1S/C12H19FN2O/c1-2-3-4-6-10(14)9-16-11-7-5-8-15-12(11)13/h5,7-8,10H,2-4,6,9,14H2,1H3. The molecule has 0 saturated carbocycles. The molecule has 0 radical (unpaired) electrons. The van der Waals surface area contributed by atoms with Crippen LogP contribution in [0.2, 0.25) is 0 Å². The fourth-order valence-corrected chi connectivity index (χ4v) is 1.42. The third kappa shape index (κ3) is 4.57. The van der Waals surface area contributed by atoms with E-state index in [1.165, 1.54) is 19.0 Å². The average molecular weight is 226 g/mol. The number of ether oxygens (including phenoxy) is 1. The van der Waals surface area contributed by atoms with Crippen molar-refractivity contribution in [1.29, 1.82) is 0 Å². The van der Waals surface area contributed by atoms with Gasteiger partial charge >= 0.3 is 0 Å². The summed E-state index contributed by atoms with van der Waals surface area (Å²) in [5.74, 6) is -0.406. The first-order valence-electron chi connectivity index (χ1n) is 5.73. The molecule has 0 bridgehead atoms. The van der Waals surface area contributed by atoms with Crippen LogP contribution < -0.4 is 10.5 Å². The molecule has 1 atom stereocenters. The van der Waals surface area contributed by atoms with Gasteiger partial charge in [0.1, 0.15) is 6.61 Å². The van der Waals surface area contributed by atoms with E-state index in [9.17, 15) is 4.39 Å². The van der Waals surface area contributed by atoms with Crippen molar-refractivity contribution in [1.82, 2.24) is 4.98 Å². The van der Waals surface area contributed by atoms with Crippen molar-refractivity contribution in [3.05, 3.63) is 24.3 Å². The first-order valence-corrected chi connectivity index (χ1v) is 5.73. The number of hydrogen-bond donors (Lipinski definition) is 1. The normalized spacial score (nSPS) is 12.4. The van der Waals surface area contributed by atoms with Crippen LogP contribution >= 0.6 is 0 Å². The van der Waals surface area contributed by atoms with Gasteiger partial charge < -0.3 is 10.5 Å². The van der Waals surface area contributed by atoms with Gasteiger partial charge in [0.05, 0.1) is 0 Å². The van der Waals surface area contributed by atoms with Crippen LogP contribution in [-0.2, 0) is 0 Å². The van der Waals surface area contributed by atoms with E-state index in [1.54, 1.807) is 12.1 Å². The number of rotatable bonds is 7. The van der Waals surface area contributed by atoms with Crippen LogP contribution in [-0.4, -0.2) is 17.6 Å². The van der Waals surface area contributed by atoms with Crippen LogP contribution in [0.3, 0.4) is 0 Å². The molecule has 2 N–H and O–H groups in total. The van der Waals surface area contributed by atoms with Gasteiger partial charge in [0.15, 0.2) is 5.75 Å². The first kappa shape index (κ1) is 12.9. The van der Waals surface area contributed by atoms with E-state index in [0.29, 0.717) is 6.61 Å². The van der Waals surface area contributed by atoms with Gasteiger partial charge in [-0.15, -0.1) is 0 Å². The Kier molecular flexibility index (Phi) is 5.78. The van der Waals surface area contributed by atoms with Gasteiger partial charge in [0.25, 0.3) is 5.95 Å². The molecule has 1 unspecified atom stereocenters. The molecular weight excluding hydrogens is 207 g/mol. The SMILES string of the molecule is CCCCCC(N)COc1cccnc1F. The number of pyridine rings is 1. The summed E-state index contributed by atoms with van der Waals surface area (Å²) in [6.45, 7) is 2.49. The highest BCUT2D eigenvalue weighted by atomic mass is 19.1. The highest BCUT2D eigenvalue weighted by molar-refractivity contribution is 5.17. The largest absolute Gasteiger partial charge is 0.487 e. The average Bonchev–Trinajstić information content (AvgIpc) is 2.28. The van der Waals surface area contributed by atoms with E-state index in [-0.39, 0.29) is 11.8 Å². The molecule has 0 aliphatic rings. The van der Waals surface area contributed by atoms with Crippen molar-refractivity contribution in [2.45, 2.75) is 38.6 Å². The summed E-state index contributed by atoms with van der Waals surface area (Å²) in [7, 11) is 0. The Morgan fingerprint density at radius 2 is 2.31 bits per heavy atom. The Bertz CT molecular complexity index is 307. The van der Waals surface area contributed by atoms with Gasteiger partial charge in [0, 0.05) is 12.2 Å². The van der Waals surface area contributed by atoms with Crippen molar-refractivity contribution < 1.29 is 9.13 Å². The number of nitrogens with zero attached hydrogens (tertiary/aromatic N) is 1. The van der Waals surface area contributed by atoms with E-state index in [4.69, 9.17) is 10.5 Å². The van der Waals surface area contributed by atoms with E-state index in [0.717, 1.165) is 12.8 Å². The molecule has 0 aliphatic carbocycles. The second kappa shape index (κ2) is 7.17. The molecule has 4 heteroatoms. The Hall–Kier alpha value is -1.16. The molecule has 3 nitrogen and oxygen atoms in total. The number of nitrogens with two attached hydrogens (primary N) is 1. The van der Waals surface area contributed by atoms with Crippen molar-refractivity contribution in [3.63, 3.8) is 0 Å². The third-order valence-corrected chi connectivity index (χ3v) is 2.36. The number of aromatic nitrogens is 1. The predicted molar refractivity (Wildman–Crippen MR) is 61.8 cm³/mol. The third-order valence-electron chi connectivity index (χ3n) is 2.36. The molecule has 0 saturated heterocycles. The molecule has 1 rings (SSSR count). The maximum atomic E-state index is 13.1. The lowest BCUT2D eigenvalue weighted by Crippen LogP contribution is -2.27. The number of halogens is 1. The quantitative estimate of drug-likeness (QED) is 0.574. The molecule has 0 aliphatic heterocycles. The summed E-state index contributed by atoms with van der Waals surface area (Å²) in [5.41, 5.74) is 5.84. The summed E-state index contributed by atoms with van der Waals surface area (Å²) in [4.78, 5) is 3.50. The van der Waals surface area contributed by atoms with Crippen molar-refractivity contribution >= 4 is 0 Å². The maximum absolute atomic E-state index is 13.1. The highest BCUT2D eigenvalue weighted by Gasteiger charge is 2.06. The molecular formula is C12H19FN2O. The van der Waals surface area contributed by atoms with Crippen LogP contribution in [0.5, 0.6) is 5.75 Å². The maximum Gasteiger partial charge on any atom is 0.255 e. The molecule has 90 valence electrons.